The molecule has 0 saturated heterocycles. The van der Waals surface area contributed by atoms with Crippen LogP contribution < -0.4 is 0 Å². The number of hydrogen-bond donors (Lipinski definition) is 0. The summed E-state index contributed by atoms with van der Waals surface area (Å²) < 4.78 is 0. The molecule has 0 aliphatic rings. The van der Waals surface area contributed by atoms with E-state index in [0.717, 1.165) is 0 Å². The average molecular weight is 283 g/mol. The summed E-state index contributed by atoms with van der Waals surface area (Å²) >= 11 is 0. The molecule has 2 aromatic rings. The minimum absolute atomic E-state index is 1.21. The molecule has 0 atom stereocenters. The van der Waals surface area contributed by atoms with Crippen molar-refractivity contribution in [2.75, 3.05) is 0 Å². The molecule has 0 radical (unpaired) electrons. The summed E-state index contributed by atoms with van der Waals surface area (Å²) in [7, 11) is -1.21. The van der Waals surface area contributed by atoms with Crippen LogP contribution in [0.1, 0.15) is 33.3 Å². The fraction of sp³-hybridized carbons (Fsp3) is 0.368. The molecule has 0 spiro atoms. The minimum Gasteiger partial charge on any atom is -0.0908 e. The predicted molar refractivity (Wildman–Crippen MR) is 94.8 cm³/mol. The Morgan fingerprint density at radius 1 is 0.900 bits per heavy atom. The fourth-order valence-electron chi connectivity index (χ4n) is 3.16. The van der Waals surface area contributed by atoms with Crippen molar-refractivity contribution in [2.24, 2.45) is 0 Å². The van der Waals surface area contributed by atoms with Crippen molar-refractivity contribution in [2.45, 2.75) is 45.8 Å². The largest absolute Gasteiger partial charge is 0.0908 e. The van der Waals surface area contributed by atoms with Gasteiger partial charge < -0.3 is 0 Å². The molecule has 0 aliphatic heterocycles. The molecule has 0 amide bonds. The van der Waals surface area contributed by atoms with Crippen molar-refractivity contribution >= 4 is 24.4 Å². The van der Waals surface area contributed by atoms with Crippen LogP contribution in [-0.2, 0) is 0 Å². The zero-order chi connectivity index (χ0) is 14.6. The van der Waals surface area contributed by atoms with Gasteiger partial charge in [0.15, 0.2) is 0 Å². The normalized spacial score (nSPS) is 12.9. The molecule has 0 bridgehead atoms. The molecule has 2 rings (SSSR count). The van der Waals surface area contributed by atoms with Gasteiger partial charge in [-0.15, -0.1) is 0 Å². The van der Waals surface area contributed by atoms with Crippen LogP contribution in [0.2, 0.25) is 18.1 Å². The second-order valence-electron chi connectivity index (χ2n) is 5.78. The first-order valence-electron chi connectivity index (χ1n) is 7.83. The Bertz CT molecular complexity index is 592. The number of allylic oxidation sites excluding steroid dienone is 1. The molecule has 0 N–H and O–H groups in total. The Labute approximate surface area is 124 Å². The average Bonchev–Trinajstić information content (AvgIpc) is 2.52. The molecular weight excluding hydrogens is 256 g/mol. The van der Waals surface area contributed by atoms with E-state index in [1.165, 1.54) is 40.0 Å². The van der Waals surface area contributed by atoms with Gasteiger partial charge in [0.05, 0.1) is 8.07 Å². The Kier molecular flexibility index (Phi) is 4.82. The topological polar surface area (TPSA) is 0 Å². The summed E-state index contributed by atoms with van der Waals surface area (Å²) in [6, 6.07) is 19.4. The SMILES string of the molecule is CC[Si](/C=C(\C)c1cccc2ccccc12)(CC)CC. The van der Waals surface area contributed by atoms with Crippen molar-refractivity contribution in [1.82, 2.24) is 0 Å². The van der Waals surface area contributed by atoms with Crippen molar-refractivity contribution < 1.29 is 0 Å². The molecular formula is C19H26Si. The van der Waals surface area contributed by atoms with Crippen LogP contribution in [0.5, 0.6) is 0 Å². The van der Waals surface area contributed by atoms with Gasteiger partial charge in [0, 0.05) is 0 Å². The van der Waals surface area contributed by atoms with Crippen LogP contribution in [0.3, 0.4) is 0 Å². The molecule has 0 unspecified atom stereocenters. The van der Waals surface area contributed by atoms with Crippen LogP contribution in [0.15, 0.2) is 48.2 Å². The number of fused-ring (bicyclic) bond motifs is 1. The fourth-order valence-corrected chi connectivity index (χ4v) is 6.35. The first-order chi connectivity index (χ1) is 9.65. The summed E-state index contributed by atoms with van der Waals surface area (Å²) in [5, 5.41) is 2.73. The van der Waals surface area contributed by atoms with Gasteiger partial charge in [0.2, 0.25) is 0 Å². The smallest absolute Gasteiger partial charge is 0.0773 e. The van der Waals surface area contributed by atoms with E-state index in [1.54, 1.807) is 0 Å². The quantitative estimate of drug-likeness (QED) is 0.565. The van der Waals surface area contributed by atoms with Crippen LogP contribution >= 0.6 is 0 Å². The highest BCUT2D eigenvalue weighted by Crippen LogP contribution is 2.30. The summed E-state index contributed by atoms with van der Waals surface area (Å²) in [6.07, 6.45) is 0. The van der Waals surface area contributed by atoms with Crippen molar-refractivity contribution in [3.63, 3.8) is 0 Å². The monoisotopic (exact) mass is 282 g/mol. The van der Waals surface area contributed by atoms with Crippen LogP contribution in [-0.4, -0.2) is 8.07 Å². The van der Waals surface area contributed by atoms with Crippen molar-refractivity contribution in [3.8, 4) is 0 Å². The maximum atomic E-state index is 2.65. The third-order valence-electron chi connectivity index (χ3n) is 4.85. The number of hydrogen-bond acceptors (Lipinski definition) is 0. The maximum absolute atomic E-state index is 2.65. The van der Waals surface area contributed by atoms with Crippen LogP contribution in [0.25, 0.3) is 16.3 Å². The minimum atomic E-state index is -1.21. The second kappa shape index (κ2) is 6.40. The molecule has 1 heteroatoms. The Hall–Kier alpha value is -1.34. The Balaban J connectivity index is 2.53. The predicted octanol–water partition coefficient (Wildman–Crippen LogP) is 6.29. The third kappa shape index (κ3) is 2.88. The molecule has 0 nitrogen and oxygen atoms in total. The van der Waals surface area contributed by atoms with E-state index in [9.17, 15) is 0 Å². The van der Waals surface area contributed by atoms with Gasteiger partial charge in [-0.1, -0.05) is 92.6 Å². The van der Waals surface area contributed by atoms with Gasteiger partial charge >= 0.3 is 0 Å². The lowest BCUT2D eigenvalue weighted by Gasteiger charge is -2.25. The molecule has 0 aromatic heterocycles. The zero-order valence-corrected chi connectivity index (χ0v) is 14.2. The first-order valence-corrected chi connectivity index (χ1v) is 10.5. The molecule has 0 aliphatic carbocycles. The van der Waals surface area contributed by atoms with Gasteiger partial charge in [0.1, 0.15) is 0 Å². The van der Waals surface area contributed by atoms with Crippen molar-refractivity contribution in [1.29, 1.82) is 0 Å². The highest BCUT2D eigenvalue weighted by Gasteiger charge is 2.24. The van der Waals surface area contributed by atoms with E-state index in [4.69, 9.17) is 0 Å². The van der Waals surface area contributed by atoms with E-state index < -0.39 is 8.07 Å². The van der Waals surface area contributed by atoms with Gasteiger partial charge in [-0.05, 0) is 23.3 Å². The Morgan fingerprint density at radius 3 is 2.15 bits per heavy atom. The maximum Gasteiger partial charge on any atom is 0.0773 e. The van der Waals surface area contributed by atoms with Crippen LogP contribution in [0, 0.1) is 0 Å². The highest BCUT2D eigenvalue weighted by atomic mass is 28.3. The van der Waals surface area contributed by atoms with Gasteiger partial charge in [-0.2, -0.15) is 0 Å². The number of benzene rings is 2. The van der Waals surface area contributed by atoms with Gasteiger partial charge in [0.25, 0.3) is 0 Å². The molecule has 0 heterocycles. The highest BCUT2D eigenvalue weighted by molar-refractivity contribution is 6.85. The Morgan fingerprint density at radius 2 is 1.50 bits per heavy atom. The lowest BCUT2D eigenvalue weighted by molar-refractivity contribution is 1.19. The lowest BCUT2D eigenvalue weighted by atomic mass is 10.0. The van der Waals surface area contributed by atoms with Gasteiger partial charge in [-0.25, -0.2) is 0 Å². The molecule has 2 aromatic carbocycles. The van der Waals surface area contributed by atoms with E-state index in [1.807, 2.05) is 0 Å². The second-order valence-corrected chi connectivity index (χ2v) is 10.9. The van der Waals surface area contributed by atoms with E-state index >= 15 is 0 Å². The van der Waals surface area contributed by atoms with E-state index in [2.05, 4.69) is 75.9 Å². The van der Waals surface area contributed by atoms with Gasteiger partial charge in [-0.3, -0.25) is 0 Å². The molecule has 20 heavy (non-hydrogen) atoms. The first kappa shape index (κ1) is 15.1. The zero-order valence-electron chi connectivity index (χ0n) is 13.2. The standard InChI is InChI=1S/C19H26Si/c1-5-20(6-2,7-3)15-16(4)18-14-10-12-17-11-8-9-13-19(17)18/h8-15H,5-7H2,1-4H3/b16-15+. The third-order valence-corrected chi connectivity index (χ3v) is 10.1. The van der Waals surface area contributed by atoms with Crippen LogP contribution in [0.4, 0.5) is 0 Å². The lowest BCUT2D eigenvalue weighted by Crippen LogP contribution is -2.29. The summed E-state index contributed by atoms with van der Waals surface area (Å²) in [5.74, 6) is 0. The van der Waals surface area contributed by atoms with Crippen molar-refractivity contribution in [3.05, 3.63) is 53.7 Å². The molecule has 106 valence electrons. The summed E-state index contributed by atoms with van der Waals surface area (Å²) in [4.78, 5) is 0. The van der Waals surface area contributed by atoms with E-state index in [-0.39, 0.29) is 0 Å². The molecule has 0 saturated carbocycles. The van der Waals surface area contributed by atoms with E-state index in [0.29, 0.717) is 0 Å². The molecule has 0 fully saturated rings. The number of rotatable bonds is 5. The summed E-state index contributed by atoms with van der Waals surface area (Å²) in [6.45, 7) is 9.40. The summed E-state index contributed by atoms with van der Waals surface area (Å²) in [5.41, 5.74) is 5.53.